The van der Waals surface area contributed by atoms with E-state index in [4.69, 9.17) is 4.74 Å². The van der Waals surface area contributed by atoms with Gasteiger partial charge in [-0.15, -0.1) is 0 Å². The second-order valence-corrected chi connectivity index (χ2v) is 4.09. The topological polar surface area (TPSA) is 41.8 Å². The fourth-order valence-electron chi connectivity index (χ4n) is 1.67. The van der Waals surface area contributed by atoms with Gasteiger partial charge < -0.3 is 9.84 Å². The molecule has 0 unspecified atom stereocenters. The van der Waals surface area contributed by atoms with Crippen LogP contribution in [0.3, 0.4) is 0 Å². The largest absolute Gasteiger partial charge is 0.504 e. The zero-order valence-electron chi connectivity index (χ0n) is 10.7. The van der Waals surface area contributed by atoms with Gasteiger partial charge >= 0.3 is 0 Å². The van der Waals surface area contributed by atoms with Crippen LogP contribution in [0.2, 0.25) is 0 Å². The second-order valence-electron chi connectivity index (χ2n) is 4.09. The number of aromatic hydroxyl groups is 1. The molecule has 0 saturated carbocycles. The summed E-state index contributed by atoms with van der Waals surface area (Å²) >= 11 is 0. The number of ether oxygens (including phenoxy) is 1. The van der Waals surface area contributed by atoms with Crippen LogP contribution >= 0.6 is 0 Å². The molecule has 0 spiro atoms. The van der Waals surface area contributed by atoms with E-state index in [9.17, 15) is 9.50 Å². The number of halogens is 1. The molecule has 3 nitrogen and oxygen atoms in total. The summed E-state index contributed by atoms with van der Waals surface area (Å²) in [6.07, 6.45) is 1.49. The lowest BCUT2D eigenvalue weighted by atomic mass is 10.2. The second kappa shape index (κ2) is 5.52. The molecule has 2 aromatic rings. The first-order valence-corrected chi connectivity index (χ1v) is 5.78. The van der Waals surface area contributed by atoms with Crippen molar-refractivity contribution in [2.75, 3.05) is 7.11 Å². The lowest BCUT2D eigenvalue weighted by molar-refractivity contribution is 0.373. The molecule has 4 heteroatoms. The molecule has 0 aliphatic carbocycles. The van der Waals surface area contributed by atoms with E-state index in [-0.39, 0.29) is 11.6 Å². The number of phenols is 1. The molecular weight excluding hydrogens is 245 g/mol. The van der Waals surface area contributed by atoms with Crippen molar-refractivity contribution in [1.82, 2.24) is 0 Å². The van der Waals surface area contributed by atoms with Gasteiger partial charge in [0.2, 0.25) is 0 Å². The average molecular weight is 259 g/mol. The Hall–Kier alpha value is -2.36. The Balaban J connectivity index is 2.35. The van der Waals surface area contributed by atoms with Crippen LogP contribution in [-0.4, -0.2) is 18.4 Å². The number of aryl methyl sites for hydroxylation is 1. The zero-order valence-corrected chi connectivity index (χ0v) is 10.7. The van der Waals surface area contributed by atoms with Gasteiger partial charge in [-0.3, -0.25) is 4.99 Å². The number of benzene rings is 2. The van der Waals surface area contributed by atoms with Crippen molar-refractivity contribution in [3.05, 3.63) is 53.3 Å². The highest BCUT2D eigenvalue weighted by Gasteiger charge is 2.05. The standard InChI is InChI=1S/C15H14FNO2/c1-10-6-7-12(16)8-13(10)17-9-11-4-3-5-14(19-2)15(11)18/h3-9,18H,1-2H3. The van der Waals surface area contributed by atoms with E-state index in [2.05, 4.69) is 4.99 Å². The predicted octanol–water partition coefficient (Wildman–Crippen LogP) is 3.60. The Bertz CT molecular complexity index is 624. The van der Waals surface area contributed by atoms with Crippen molar-refractivity contribution < 1.29 is 14.2 Å². The lowest BCUT2D eigenvalue weighted by Gasteiger charge is -2.05. The van der Waals surface area contributed by atoms with Gasteiger partial charge in [0.05, 0.1) is 12.8 Å². The van der Waals surface area contributed by atoms with E-state index in [1.807, 2.05) is 6.92 Å². The molecule has 0 amide bonds. The van der Waals surface area contributed by atoms with Gasteiger partial charge in [-0.2, -0.15) is 0 Å². The normalized spacial score (nSPS) is 10.9. The minimum Gasteiger partial charge on any atom is -0.504 e. The van der Waals surface area contributed by atoms with E-state index in [0.717, 1.165) is 5.56 Å². The summed E-state index contributed by atoms with van der Waals surface area (Å²) in [5.41, 5.74) is 1.91. The summed E-state index contributed by atoms with van der Waals surface area (Å²) in [5, 5.41) is 9.90. The van der Waals surface area contributed by atoms with Gasteiger partial charge in [0, 0.05) is 11.8 Å². The third-order valence-corrected chi connectivity index (χ3v) is 2.76. The molecule has 0 aliphatic heterocycles. The number of hydrogen-bond donors (Lipinski definition) is 1. The highest BCUT2D eigenvalue weighted by atomic mass is 19.1. The summed E-state index contributed by atoms with van der Waals surface area (Å²) in [5.74, 6) is 0.0512. The fourth-order valence-corrected chi connectivity index (χ4v) is 1.67. The minimum atomic E-state index is -0.340. The van der Waals surface area contributed by atoms with Crippen molar-refractivity contribution in [2.45, 2.75) is 6.92 Å². The number of rotatable bonds is 3. The third-order valence-electron chi connectivity index (χ3n) is 2.76. The maximum absolute atomic E-state index is 13.1. The van der Waals surface area contributed by atoms with Gasteiger partial charge in [0.15, 0.2) is 11.5 Å². The smallest absolute Gasteiger partial charge is 0.166 e. The molecule has 0 heterocycles. The number of phenolic OH excluding ortho intramolecular Hbond substituents is 1. The maximum Gasteiger partial charge on any atom is 0.166 e. The van der Waals surface area contributed by atoms with Gasteiger partial charge in [0.25, 0.3) is 0 Å². The van der Waals surface area contributed by atoms with Crippen molar-refractivity contribution >= 4 is 11.9 Å². The number of hydrogen-bond acceptors (Lipinski definition) is 3. The molecule has 0 atom stereocenters. The molecule has 2 aromatic carbocycles. The molecule has 98 valence electrons. The minimum absolute atomic E-state index is 0.0165. The predicted molar refractivity (Wildman–Crippen MR) is 73.0 cm³/mol. The van der Waals surface area contributed by atoms with Crippen LogP contribution in [0.25, 0.3) is 0 Å². The van der Waals surface area contributed by atoms with Gasteiger partial charge in [0.1, 0.15) is 5.82 Å². The van der Waals surface area contributed by atoms with Crippen molar-refractivity contribution in [3.8, 4) is 11.5 Å². The van der Waals surface area contributed by atoms with Gasteiger partial charge in [-0.1, -0.05) is 12.1 Å². The van der Waals surface area contributed by atoms with Crippen molar-refractivity contribution in [2.24, 2.45) is 4.99 Å². The first-order chi connectivity index (χ1) is 9.11. The molecule has 0 bridgehead atoms. The Kier molecular flexibility index (Phi) is 3.80. The molecular formula is C15H14FNO2. The third kappa shape index (κ3) is 2.91. The Morgan fingerprint density at radius 1 is 1.26 bits per heavy atom. The fraction of sp³-hybridized carbons (Fsp3) is 0.133. The Labute approximate surface area is 111 Å². The summed E-state index contributed by atoms with van der Waals surface area (Å²) in [6, 6.07) is 9.50. The molecule has 0 saturated heterocycles. The van der Waals surface area contributed by atoms with Crippen LogP contribution in [0.15, 0.2) is 41.4 Å². The first kappa shape index (κ1) is 13.1. The summed E-state index contributed by atoms with van der Waals surface area (Å²) in [6.45, 7) is 1.84. The van der Waals surface area contributed by atoms with Gasteiger partial charge in [-0.25, -0.2) is 4.39 Å². The average Bonchev–Trinajstić information content (AvgIpc) is 2.41. The molecule has 0 fully saturated rings. The zero-order chi connectivity index (χ0) is 13.8. The molecule has 0 aromatic heterocycles. The van der Waals surface area contributed by atoms with Crippen LogP contribution in [-0.2, 0) is 0 Å². The lowest BCUT2D eigenvalue weighted by Crippen LogP contribution is -1.88. The van der Waals surface area contributed by atoms with Crippen LogP contribution in [0.5, 0.6) is 11.5 Å². The van der Waals surface area contributed by atoms with Crippen LogP contribution in [0, 0.1) is 12.7 Å². The SMILES string of the molecule is COc1cccc(C=Nc2cc(F)ccc2C)c1O. The quantitative estimate of drug-likeness (QED) is 0.856. The Morgan fingerprint density at radius 3 is 2.79 bits per heavy atom. The summed E-state index contributed by atoms with van der Waals surface area (Å²) < 4.78 is 18.1. The molecule has 19 heavy (non-hydrogen) atoms. The van der Waals surface area contributed by atoms with E-state index in [0.29, 0.717) is 17.0 Å². The summed E-state index contributed by atoms with van der Waals surface area (Å²) in [4.78, 5) is 4.19. The van der Waals surface area contributed by atoms with Crippen LogP contribution in [0.4, 0.5) is 10.1 Å². The van der Waals surface area contributed by atoms with E-state index in [1.54, 1.807) is 24.3 Å². The van der Waals surface area contributed by atoms with Gasteiger partial charge in [-0.05, 0) is 36.8 Å². The number of methoxy groups -OCH3 is 1. The number of aliphatic imine (C=N–C) groups is 1. The number of para-hydroxylation sites is 1. The van der Waals surface area contributed by atoms with Crippen LogP contribution in [0.1, 0.15) is 11.1 Å². The Morgan fingerprint density at radius 2 is 2.05 bits per heavy atom. The van der Waals surface area contributed by atoms with Crippen LogP contribution < -0.4 is 4.74 Å². The number of nitrogens with zero attached hydrogens (tertiary/aromatic N) is 1. The van der Waals surface area contributed by atoms with E-state index >= 15 is 0 Å². The maximum atomic E-state index is 13.1. The van der Waals surface area contributed by atoms with E-state index < -0.39 is 0 Å². The highest BCUT2D eigenvalue weighted by Crippen LogP contribution is 2.29. The molecule has 1 N–H and O–H groups in total. The summed E-state index contributed by atoms with van der Waals surface area (Å²) in [7, 11) is 1.48. The molecule has 2 rings (SSSR count). The monoisotopic (exact) mass is 259 g/mol. The molecule has 0 aliphatic rings. The van der Waals surface area contributed by atoms with E-state index in [1.165, 1.54) is 25.5 Å². The molecule has 0 radical (unpaired) electrons. The highest BCUT2D eigenvalue weighted by molar-refractivity contribution is 5.86. The first-order valence-electron chi connectivity index (χ1n) is 5.78. The van der Waals surface area contributed by atoms with Crippen molar-refractivity contribution in [3.63, 3.8) is 0 Å². The van der Waals surface area contributed by atoms with Crippen molar-refractivity contribution in [1.29, 1.82) is 0 Å².